The molecule has 0 unspecified atom stereocenters. The predicted octanol–water partition coefficient (Wildman–Crippen LogP) is 2.34. The summed E-state index contributed by atoms with van der Waals surface area (Å²) in [6, 6.07) is 8.16. The van der Waals surface area contributed by atoms with Crippen molar-refractivity contribution in [1.82, 2.24) is 0 Å². The minimum absolute atomic E-state index is 0.125. The van der Waals surface area contributed by atoms with Gasteiger partial charge < -0.3 is 10.1 Å². The third-order valence-electron chi connectivity index (χ3n) is 3.05. The Morgan fingerprint density at radius 2 is 1.88 bits per heavy atom. The number of nitro groups is 1. The van der Waals surface area contributed by atoms with Crippen molar-refractivity contribution in [3.05, 3.63) is 69.5 Å². The molecule has 0 aliphatic carbocycles. The first-order chi connectivity index (χ1) is 11.9. The Bertz CT molecular complexity index is 835. The molecule has 9 heteroatoms. The Balaban J connectivity index is 1.96. The van der Waals surface area contributed by atoms with Gasteiger partial charge in [-0.05, 0) is 18.2 Å². The smallest absolute Gasteiger partial charge is 0.338 e. The lowest BCUT2D eigenvalue weighted by molar-refractivity contribution is -0.384. The van der Waals surface area contributed by atoms with E-state index in [1.165, 1.54) is 24.3 Å². The fourth-order valence-electron chi connectivity index (χ4n) is 1.82. The van der Waals surface area contributed by atoms with E-state index in [-0.39, 0.29) is 5.56 Å². The van der Waals surface area contributed by atoms with E-state index >= 15 is 0 Å². The molecule has 0 radical (unpaired) electrons. The molecule has 25 heavy (non-hydrogen) atoms. The number of nitrogens with one attached hydrogen (secondary N) is 1. The summed E-state index contributed by atoms with van der Waals surface area (Å²) in [5.41, 5.74) is -0.301. The summed E-state index contributed by atoms with van der Waals surface area (Å²) in [7, 11) is 0. The number of hydrogen-bond acceptors (Lipinski definition) is 6. The molecule has 0 aliphatic heterocycles. The van der Waals surface area contributed by atoms with Crippen LogP contribution in [0.5, 0.6) is 0 Å². The van der Waals surface area contributed by atoms with Crippen molar-refractivity contribution in [1.29, 1.82) is 0 Å². The normalized spacial score (nSPS) is 9.96. The van der Waals surface area contributed by atoms with Gasteiger partial charge in [-0.2, -0.15) is 0 Å². The standard InChI is InChI=1S/C16H11FN2O6/c17-13-6-5-12(19(23)24)7-14(13)18-15(21)9-25-16(22)11-3-1-10(8-20)2-4-11/h1-8H,9H2,(H,18,21). The number of amides is 1. The summed E-state index contributed by atoms with van der Waals surface area (Å²) in [5.74, 6) is -2.54. The van der Waals surface area contributed by atoms with Gasteiger partial charge in [0.15, 0.2) is 6.61 Å². The highest BCUT2D eigenvalue weighted by atomic mass is 19.1. The van der Waals surface area contributed by atoms with Gasteiger partial charge in [-0.15, -0.1) is 0 Å². The maximum absolute atomic E-state index is 13.6. The van der Waals surface area contributed by atoms with Crippen molar-refractivity contribution < 1.29 is 28.4 Å². The van der Waals surface area contributed by atoms with Gasteiger partial charge in [0, 0.05) is 17.7 Å². The Hall–Kier alpha value is -3.62. The van der Waals surface area contributed by atoms with Crippen LogP contribution >= 0.6 is 0 Å². The molecule has 0 fully saturated rings. The van der Waals surface area contributed by atoms with Crippen molar-refractivity contribution in [3.8, 4) is 0 Å². The summed E-state index contributed by atoms with van der Waals surface area (Å²) in [6.07, 6.45) is 0.607. The highest BCUT2D eigenvalue weighted by Gasteiger charge is 2.15. The van der Waals surface area contributed by atoms with Crippen LogP contribution in [0, 0.1) is 15.9 Å². The summed E-state index contributed by atoms with van der Waals surface area (Å²) in [4.78, 5) is 43.9. The van der Waals surface area contributed by atoms with E-state index < -0.39 is 40.6 Å². The zero-order valence-electron chi connectivity index (χ0n) is 12.6. The van der Waals surface area contributed by atoms with Gasteiger partial charge >= 0.3 is 5.97 Å². The summed E-state index contributed by atoms with van der Waals surface area (Å²) in [5, 5.41) is 12.7. The lowest BCUT2D eigenvalue weighted by atomic mass is 10.1. The van der Waals surface area contributed by atoms with Gasteiger partial charge in [-0.3, -0.25) is 19.7 Å². The molecule has 1 amide bonds. The van der Waals surface area contributed by atoms with Gasteiger partial charge in [-0.1, -0.05) is 12.1 Å². The van der Waals surface area contributed by atoms with E-state index in [0.717, 1.165) is 18.2 Å². The molecule has 8 nitrogen and oxygen atoms in total. The van der Waals surface area contributed by atoms with Crippen molar-refractivity contribution in [2.24, 2.45) is 0 Å². The third-order valence-corrected chi connectivity index (χ3v) is 3.05. The molecule has 2 rings (SSSR count). The number of rotatable bonds is 6. The van der Waals surface area contributed by atoms with E-state index in [0.29, 0.717) is 11.8 Å². The predicted molar refractivity (Wildman–Crippen MR) is 83.8 cm³/mol. The molecule has 0 aromatic heterocycles. The molecule has 0 saturated heterocycles. The molecule has 0 atom stereocenters. The number of carbonyl (C=O) groups excluding carboxylic acids is 3. The van der Waals surface area contributed by atoms with Crippen LogP contribution in [0.2, 0.25) is 0 Å². The second-order valence-electron chi connectivity index (χ2n) is 4.79. The summed E-state index contributed by atoms with van der Waals surface area (Å²) < 4.78 is 18.3. The molecule has 0 aliphatic rings. The van der Waals surface area contributed by atoms with Crippen LogP contribution in [-0.2, 0) is 9.53 Å². The van der Waals surface area contributed by atoms with Crippen molar-refractivity contribution in [2.45, 2.75) is 0 Å². The average Bonchev–Trinajstić information content (AvgIpc) is 2.61. The van der Waals surface area contributed by atoms with Gasteiger partial charge in [0.05, 0.1) is 16.2 Å². The first-order valence-corrected chi connectivity index (χ1v) is 6.87. The van der Waals surface area contributed by atoms with E-state index in [2.05, 4.69) is 5.32 Å². The molecule has 0 spiro atoms. The number of aldehydes is 1. The Labute approximate surface area is 140 Å². The highest BCUT2D eigenvalue weighted by molar-refractivity contribution is 5.96. The van der Waals surface area contributed by atoms with Crippen LogP contribution in [0.25, 0.3) is 0 Å². The van der Waals surface area contributed by atoms with Crippen LogP contribution in [-0.4, -0.2) is 29.7 Å². The van der Waals surface area contributed by atoms with E-state index in [1.807, 2.05) is 0 Å². The van der Waals surface area contributed by atoms with Gasteiger partial charge in [0.2, 0.25) is 0 Å². The quantitative estimate of drug-likeness (QED) is 0.371. The first-order valence-electron chi connectivity index (χ1n) is 6.87. The van der Waals surface area contributed by atoms with Crippen molar-refractivity contribution in [3.63, 3.8) is 0 Å². The Kier molecular flexibility index (Phi) is 5.51. The number of carbonyl (C=O) groups is 3. The van der Waals surface area contributed by atoms with Gasteiger partial charge in [-0.25, -0.2) is 9.18 Å². The third kappa shape index (κ3) is 4.67. The van der Waals surface area contributed by atoms with Crippen LogP contribution in [0.4, 0.5) is 15.8 Å². The zero-order chi connectivity index (χ0) is 18.4. The fourth-order valence-corrected chi connectivity index (χ4v) is 1.82. The summed E-state index contributed by atoms with van der Waals surface area (Å²) >= 11 is 0. The molecule has 0 saturated carbocycles. The summed E-state index contributed by atoms with van der Waals surface area (Å²) in [6.45, 7) is -0.712. The van der Waals surface area contributed by atoms with Gasteiger partial charge in [0.1, 0.15) is 12.1 Å². The second kappa shape index (κ2) is 7.77. The van der Waals surface area contributed by atoms with Crippen LogP contribution in [0.1, 0.15) is 20.7 Å². The zero-order valence-corrected chi connectivity index (χ0v) is 12.6. The van der Waals surface area contributed by atoms with E-state index in [9.17, 15) is 28.9 Å². The lowest BCUT2D eigenvalue weighted by Crippen LogP contribution is -2.21. The number of anilines is 1. The number of non-ortho nitro benzene ring substituents is 1. The number of ether oxygens (including phenoxy) is 1. The number of halogens is 1. The Morgan fingerprint density at radius 1 is 1.20 bits per heavy atom. The average molecular weight is 346 g/mol. The maximum atomic E-state index is 13.6. The van der Waals surface area contributed by atoms with Crippen molar-refractivity contribution in [2.75, 3.05) is 11.9 Å². The molecule has 2 aromatic rings. The molecule has 1 N–H and O–H groups in total. The van der Waals surface area contributed by atoms with Crippen molar-refractivity contribution >= 4 is 29.5 Å². The minimum atomic E-state index is -0.866. The SMILES string of the molecule is O=Cc1ccc(C(=O)OCC(=O)Nc2cc([N+](=O)[O-])ccc2F)cc1. The molecule has 2 aromatic carbocycles. The number of esters is 1. The largest absolute Gasteiger partial charge is 0.452 e. The number of nitro benzene ring substituents is 1. The second-order valence-corrected chi connectivity index (χ2v) is 4.79. The fraction of sp³-hybridized carbons (Fsp3) is 0.0625. The van der Waals surface area contributed by atoms with Crippen LogP contribution < -0.4 is 5.32 Å². The van der Waals surface area contributed by atoms with E-state index in [1.54, 1.807) is 0 Å². The first kappa shape index (κ1) is 17.7. The number of hydrogen-bond donors (Lipinski definition) is 1. The minimum Gasteiger partial charge on any atom is -0.452 e. The molecule has 0 bridgehead atoms. The molecular weight excluding hydrogens is 335 g/mol. The van der Waals surface area contributed by atoms with Crippen LogP contribution in [0.3, 0.4) is 0 Å². The topological polar surface area (TPSA) is 116 Å². The maximum Gasteiger partial charge on any atom is 0.338 e. The van der Waals surface area contributed by atoms with Crippen LogP contribution in [0.15, 0.2) is 42.5 Å². The molecular formula is C16H11FN2O6. The highest BCUT2D eigenvalue weighted by Crippen LogP contribution is 2.21. The molecule has 0 heterocycles. The monoisotopic (exact) mass is 346 g/mol. The van der Waals surface area contributed by atoms with E-state index in [4.69, 9.17) is 4.74 Å². The Morgan fingerprint density at radius 3 is 2.48 bits per heavy atom. The lowest BCUT2D eigenvalue weighted by Gasteiger charge is -2.07. The molecule has 128 valence electrons. The van der Waals surface area contributed by atoms with Gasteiger partial charge in [0.25, 0.3) is 11.6 Å². The number of nitrogens with zero attached hydrogens (tertiary/aromatic N) is 1. The number of benzene rings is 2.